The van der Waals surface area contributed by atoms with Gasteiger partial charge in [-0.3, -0.25) is 9.59 Å². The van der Waals surface area contributed by atoms with Crippen LogP contribution in [0.2, 0.25) is 0 Å². The third kappa shape index (κ3) is 28.2. The number of hydrogen-bond acceptors (Lipinski definition) is 3. The molecule has 0 aliphatic rings. The van der Waals surface area contributed by atoms with Gasteiger partial charge in [0.15, 0.2) is 0 Å². The Labute approximate surface area is 234 Å². The molecule has 0 radical (unpaired) electrons. The summed E-state index contributed by atoms with van der Waals surface area (Å²) in [6, 6.07) is 0. The average Bonchev–Trinajstić information content (AvgIpc) is 2.89. The molecule has 0 aliphatic heterocycles. The maximum atomic E-state index is 12.4. The number of aliphatic carboxylic acids is 1. The molecule has 0 spiro atoms. The van der Waals surface area contributed by atoms with E-state index in [-0.39, 0.29) is 18.5 Å². The zero-order chi connectivity index (χ0) is 27.9. The van der Waals surface area contributed by atoms with Crippen molar-refractivity contribution in [2.24, 2.45) is 0 Å². The molecule has 0 heterocycles. The van der Waals surface area contributed by atoms with E-state index in [4.69, 9.17) is 9.84 Å². The van der Waals surface area contributed by atoms with E-state index in [9.17, 15) is 9.59 Å². The number of esters is 1. The van der Waals surface area contributed by atoms with E-state index < -0.39 is 5.97 Å². The minimum atomic E-state index is -0.735. The van der Waals surface area contributed by atoms with E-state index in [1.807, 2.05) is 6.08 Å². The van der Waals surface area contributed by atoms with Crippen molar-refractivity contribution in [2.45, 2.75) is 142 Å². The summed E-state index contributed by atoms with van der Waals surface area (Å²) in [7, 11) is 0. The van der Waals surface area contributed by atoms with Gasteiger partial charge in [-0.25, -0.2) is 0 Å². The second-order valence-corrected chi connectivity index (χ2v) is 9.90. The number of carboxylic acids is 1. The third-order valence-electron chi connectivity index (χ3n) is 6.21. The highest BCUT2D eigenvalue weighted by Gasteiger charge is 2.11. The van der Waals surface area contributed by atoms with Crippen molar-refractivity contribution >= 4 is 11.9 Å². The number of hydrogen-bond donors (Lipinski definition) is 1. The van der Waals surface area contributed by atoms with Gasteiger partial charge in [-0.1, -0.05) is 101 Å². The number of allylic oxidation sites excluding steroid dienone is 9. The smallest absolute Gasteiger partial charge is 0.306 e. The highest BCUT2D eigenvalue weighted by Crippen LogP contribution is 2.14. The molecule has 1 atom stereocenters. The van der Waals surface area contributed by atoms with Crippen molar-refractivity contribution in [1.29, 1.82) is 0 Å². The zero-order valence-corrected chi connectivity index (χ0v) is 24.5. The lowest BCUT2D eigenvalue weighted by molar-refractivity contribution is -0.147. The van der Waals surface area contributed by atoms with Crippen LogP contribution in [-0.2, 0) is 14.3 Å². The highest BCUT2D eigenvalue weighted by atomic mass is 16.5. The third-order valence-corrected chi connectivity index (χ3v) is 6.21. The molecule has 0 amide bonds. The van der Waals surface area contributed by atoms with Crippen LogP contribution in [0.3, 0.4) is 0 Å². The molecule has 4 nitrogen and oxygen atoms in total. The Morgan fingerprint density at radius 3 is 1.84 bits per heavy atom. The summed E-state index contributed by atoms with van der Waals surface area (Å²) in [5.41, 5.74) is 0. The van der Waals surface area contributed by atoms with Crippen LogP contribution >= 0.6 is 0 Å². The Bertz CT molecular complexity index is 699. The first kappa shape index (κ1) is 35.6. The Balaban J connectivity index is 4.22. The van der Waals surface area contributed by atoms with Crippen molar-refractivity contribution in [2.75, 3.05) is 0 Å². The van der Waals surface area contributed by atoms with E-state index in [1.165, 1.54) is 19.3 Å². The Kier molecular flexibility index (Phi) is 27.4. The first-order valence-electron chi connectivity index (χ1n) is 15.3. The van der Waals surface area contributed by atoms with E-state index in [0.717, 1.165) is 83.5 Å². The van der Waals surface area contributed by atoms with Crippen LogP contribution in [0.5, 0.6) is 0 Å². The molecule has 4 heteroatoms. The normalized spacial score (nSPS) is 13.1. The molecule has 0 aromatic heterocycles. The van der Waals surface area contributed by atoms with Crippen LogP contribution in [0.15, 0.2) is 60.8 Å². The molecule has 0 fully saturated rings. The van der Waals surface area contributed by atoms with E-state index in [1.54, 1.807) is 0 Å². The van der Waals surface area contributed by atoms with Crippen molar-refractivity contribution in [3.63, 3.8) is 0 Å². The van der Waals surface area contributed by atoms with Gasteiger partial charge in [0.2, 0.25) is 0 Å². The molecule has 0 rings (SSSR count). The maximum absolute atomic E-state index is 12.4. The van der Waals surface area contributed by atoms with Gasteiger partial charge < -0.3 is 9.84 Å². The van der Waals surface area contributed by atoms with Crippen molar-refractivity contribution in [1.82, 2.24) is 0 Å². The van der Waals surface area contributed by atoms with E-state index >= 15 is 0 Å². The molecule has 216 valence electrons. The van der Waals surface area contributed by atoms with Crippen LogP contribution in [-0.4, -0.2) is 23.1 Å². The van der Waals surface area contributed by atoms with Crippen molar-refractivity contribution < 1.29 is 19.4 Å². The summed E-state index contributed by atoms with van der Waals surface area (Å²) in [6.07, 6.45) is 39.5. The van der Waals surface area contributed by atoms with Crippen LogP contribution in [0, 0.1) is 0 Å². The van der Waals surface area contributed by atoms with Gasteiger partial charge in [-0.2, -0.15) is 0 Å². The summed E-state index contributed by atoms with van der Waals surface area (Å²) in [6.45, 7) is 4.36. The summed E-state index contributed by atoms with van der Waals surface area (Å²) >= 11 is 0. The maximum Gasteiger partial charge on any atom is 0.306 e. The molecule has 0 aromatic carbocycles. The molecule has 1 N–H and O–H groups in total. The van der Waals surface area contributed by atoms with Crippen LogP contribution in [0.4, 0.5) is 0 Å². The second-order valence-electron chi connectivity index (χ2n) is 9.90. The molecular weight excluding hydrogens is 472 g/mol. The quantitative estimate of drug-likeness (QED) is 0.0689. The largest absolute Gasteiger partial charge is 0.481 e. The molecule has 1 unspecified atom stereocenters. The minimum Gasteiger partial charge on any atom is -0.481 e. The van der Waals surface area contributed by atoms with Crippen LogP contribution in [0.1, 0.15) is 136 Å². The van der Waals surface area contributed by atoms with E-state index in [2.05, 4.69) is 68.5 Å². The van der Waals surface area contributed by atoms with E-state index in [0.29, 0.717) is 12.8 Å². The van der Waals surface area contributed by atoms with Gasteiger partial charge in [0.25, 0.3) is 0 Å². The van der Waals surface area contributed by atoms with Gasteiger partial charge in [0, 0.05) is 12.8 Å². The molecule has 0 bridgehead atoms. The number of rotatable bonds is 26. The van der Waals surface area contributed by atoms with Gasteiger partial charge in [-0.05, 0) is 83.1 Å². The SMILES string of the molecule is CC/C=C\C/C=C\C/C=C\CCCCCC(=O)OC(/C=C\C/C=C\CCCCC)CCCCCCC(=O)O. The van der Waals surface area contributed by atoms with Crippen molar-refractivity contribution in [3.05, 3.63) is 60.8 Å². The lowest BCUT2D eigenvalue weighted by Crippen LogP contribution is -2.16. The Hall–Kier alpha value is -2.36. The van der Waals surface area contributed by atoms with Crippen molar-refractivity contribution in [3.8, 4) is 0 Å². The fraction of sp³-hybridized carbons (Fsp3) is 0.647. The molecule has 0 aliphatic carbocycles. The van der Waals surface area contributed by atoms with Crippen LogP contribution < -0.4 is 0 Å². The number of carbonyl (C=O) groups is 2. The topological polar surface area (TPSA) is 63.6 Å². The van der Waals surface area contributed by atoms with Gasteiger partial charge in [-0.15, -0.1) is 0 Å². The first-order chi connectivity index (χ1) is 18.6. The Morgan fingerprint density at radius 1 is 0.632 bits per heavy atom. The number of ether oxygens (including phenoxy) is 1. The number of carbonyl (C=O) groups excluding carboxylic acids is 1. The lowest BCUT2D eigenvalue weighted by atomic mass is 10.1. The summed E-state index contributed by atoms with van der Waals surface area (Å²) in [5.74, 6) is -0.847. The minimum absolute atomic E-state index is 0.113. The summed E-state index contributed by atoms with van der Waals surface area (Å²) in [5, 5.41) is 8.77. The standard InChI is InChI=1S/C34H56O4/c1-3-5-7-9-11-13-14-15-16-17-19-21-27-31-34(37)38-32(29-25-22-23-26-30-33(35)36)28-24-20-18-12-10-8-6-4-2/h5,7,11-13,15-16,18,24,28,32H,3-4,6,8-10,14,17,19-23,25-27,29-31H2,1-2H3,(H,35,36)/b7-5-,13-11-,16-15-,18-12-,28-24-. The number of unbranched alkanes of at least 4 members (excludes halogenated alkanes) is 9. The fourth-order valence-electron chi connectivity index (χ4n) is 3.97. The molecule has 0 aromatic rings. The zero-order valence-electron chi connectivity index (χ0n) is 24.5. The summed E-state index contributed by atoms with van der Waals surface area (Å²) < 4.78 is 5.79. The predicted molar refractivity (Wildman–Crippen MR) is 162 cm³/mol. The van der Waals surface area contributed by atoms with Crippen LogP contribution in [0.25, 0.3) is 0 Å². The van der Waals surface area contributed by atoms with Gasteiger partial charge in [0.05, 0.1) is 0 Å². The summed E-state index contributed by atoms with van der Waals surface area (Å²) in [4.78, 5) is 23.1. The molecular formula is C34H56O4. The first-order valence-corrected chi connectivity index (χ1v) is 15.3. The molecule has 0 saturated carbocycles. The van der Waals surface area contributed by atoms with Gasteiger partial charge >= 0.3 is 11.9 Å². The average molecular weight is 529 g/mol. The second kappa shape index (κ2) is 29.2. The monoisotopic (exact) mass is 528 g/mol. The highest BCUT2D eigenvalue weighted by molar-refractivity contribution is 5.69. The fourth-order valence-corrected chi connectivity index (χ4v) is 3.97. The predicted octanol–water partition coefficient (Wildman–Crippen LogP) is 10.2. The molecule has 38 heavy (non-hydrogen) atoms. The van der Waals surface area contributed by atoms with Gasteiger partial charge in [0.1, 0.15) is 6.10 Å². The number of carboxylic acid groups (broad SMARTS) is 1. The lowest BCUT2D eigenvalue weighted by Gasteiger charge is -2.14. The molecule has 0 saturated heterocycles. The Morgan fingerprint density at radius 2 is 1.18 bits per heavy atom.